The molecule has 110 valence electrons. The minimum Gasteiger partial charge on any atom is -0.676 e. The van der Waals surface area contributed by atoms with Crippen LogP contribution in [-0.2, 0) is 23.0 Å². The SMILES string of the molecule is [Cl][Pt+2][Cl].[NH-]C1CCCC[C@H]1[N-]Cc1ccc(F)cc1. The smallest absolute Gasteiger partial charge is 0.123 e. The van der Waals surface area contributed by atoms with Crippen LogP contribution >= 0.6 is 18.8 Å². The second kappa shape index (κ2) is 10.1. The molecule has 0 spiro atoms. The standard InChI is InChI=1S/C13H17FN2.2ClH.Pt/c14-11-7-5-10(6-8-11)9-16-13-4-2-1-3-12(13)15;;;/h5-8,12-13,15H,1-4,9H2;2*1H;/q-2;;;+4/p-2/t12?,13-;;;/m1.../s1. The Kier molecular flexibility index (Phi) is 9.26. The molecular weight excluding hydrogens is 469 g/mol. The maximum absolute atomic E-state index is 12.7. The molecule has 1 N–H and O–H groups in total. The van der Waals surface area contributed by atoms with Crippen molar-refractivity contribution in [1.29, 1.82) is 0 Å². The van der Waals surface area contributed by atoms with Crippen molar-refractivity contribution < 1.29 is 20.9 Å². The Labute approximate surface area is 130 Å². The summed E-state index contributed by atoms with van der Waals surface area (Å²) in [5.74, 6) is -0.209. The average molecular weight is 486 g/mol. The van der Waals surface area contributed by atoms with Gasteiger partial charge in [-0.15, -0.1) is 6.54 Å². The molecule has 1 aromatic rings. The number of benzene rings is 1. The van der Waals surface area contributed by atoms with Gasteiger partial charge in [0.05, 0.1) is 0 Å². The maximum Gasteiger partial charge on any atom is 0.123 e. The van der Waals surface area contributed by atoms with Gasteiger partial charge < -0.3 is 11.1 Å². The van der Waals surface area contributed by atoms with E-state index in [1.54, 1.807) is 12.1 Å². The summed E-state index contributed by atoms with van der Waals surface area (Å²) < 4.78 is 12.7. The molecule has 1 unspecified atom stereocenters. The predicted molar refractivity (Wildman–Crippen MR) is 75.5 cm³/mol. The normalized spacial score (nSPS) is 22.7. The molecule has 1 aliphatic carbocycles. The number of hydrogen-bond donors (Lipinski definition) is 0. The Hall–Kier alpha value is 0.338. The molecule has 0 heterocycles. The Bertz CT molecular complexity index is 351. The number of hydrogen-bond acceptors (Lipinski definition) is 0. The topological polar surface area (TPSA) is 37.9 Å². The molecule has 1 aromatic carbocycles. The van der Waals surface area contributed by atoms with Gasteiger partial charge in [-0.05, 0) is 12.1 Å². The number of halogens is 3. The van der Waals surface area contributed by atoms with Crippen molar-refractivity contribution in [2.24, 2.45) is 0 Å². The second-order valence-electron chi connectivity index (χ2n) is 4.47. The van der Waals surface area contributed by atoms with E-state index in [9.17, 15) is 4.39 Å². The van der Waals surface area contributed by atoms with Gasteiger partial charge in [0.15, 0.2) is 0 Å². The van der Waals surface area contributed by atoms with Crippen molar-refractivity contribution in [3.05, 3.63) is 46.7 Å². The van der Waals surface area contributed by atoms with Crippen LogP contribution in [0.1, 0.15) is 31.2 Å². The third-order valence-electron chi connectivity index (χ3n) is 3.15. The van der Waals surface area contributed by atoms with Crippen molar-refractivity contribution in [2.75, 3.05) is 0 Å². The first kappa shape index (κ1) is 17.4. The molecule has 0 aromatic heterocycles. The van der Waals surface area contributed by atoms with Crippen LogP contribution in [0.5, 0.6) is 0 Å². The molecule has 0 bridgehead atoms. The minimum atomic E-state index is -0.472. The summed E-state index contributed by atoms with van der Waals surface area (Å²) in [5.41, 5.74) is 8.90. The summed E-state index contributed by atoms with van der Waals surface area (Å²) in [6, 6.07) is 6.60. The number of rotatable bonds is 3. The number of nitrogens with zero attached hydrogens (tertiary/aromatic N) is 1. The van der Waals surface area contributed by atoms with Crippen LogP contribution in [-0.4, -0.2) is 12.1 Å². The molecule has 0 amide bonds. The van der Waals surface area contributed by atoms with E-state index < -0.39 is 16.5 Å². The van der Waals surface area contributed by atoms with Crippen LogP contribution in [0, 0.1) is 5.82 Å². The van der Waals surface area contributed by atoms with Gasteiger partial charge in [0.1, 0.15) is 5.82 Å². The fourth-order valence-electron chi connectivity index (χ4n) is 2.14. The van der Waals surface area contributed by atoms with Crippen LogP contribution in [0.2, 0.25) is 0 Å². The summed E-state index contributed by atoms with van der Waals surface area (Å²) in [7, 11) is 9.75. The molecule has 0 aliphatic heterocycles. The molecule has 2 rings (SSSR count). The van der Waals surface area contributed by atoms with Gasteiger partial charge in [-0.25, -0.2) is 4.39 Å². The Balaban J connectivity index is 0.000000550. The summed E-state index contributed by atoms with van der Waals surface area (Å²) in [5, 5.41) is 4.55. The Morgan fingerprint density at radius 1 is 1.21 bits per heavy atom. The molecule has 2 atom stereocenters. The average Bonchev–Trinajstić information content (AvgIpc) is 2.41. The van der Waals surface area contributed by atoms with Crippen LogP contribution < -0.4 is 0 Å². The molecule has 1 aliphatic rings. The monoisotopic (exact) mass is 485 g/mol. The maximum atomic E-state index is 12.7. The molecule has 2 nitrogen and oxygen atoms in total. The Morgan fingerprint density at radius 3 is 2.37 bits per heavy atom. The van der Waals surface area contributed by atoms with Gasteiger partial charge in [0, 0.05) is 0 Å². The third kappa shape index (κ3) is 7.06. The van der Waals surface area contributed by atoms with Crippen LogP contribution in [0.15, 0.2) is 24.3 Å². The van der Waals surface area contributed by atoms with Gasteiger partial charge in [-0.2, -0.15) is 12.1 Å². The fourth-order valence-corrected chi connectivity index (χ4v) is 2.14. The van der Waals surface area contributed by atoms with Gasteiger partial charge in [-0.1, -0.05) is 43.4 Å². The molecule has 0 radical (unpaired) electrons. The molecular formula is C13H17Cl2FN2Pt. The van der Waals surface area contributed by atoms with Crippen LogP contribution in [0.3, 0.4) is 0 Å². The quantitative estimate of drug-likeness (QED) is 0.546. The third-order valence-corrected chi connectivity index (χ3v) is 3.15. The molecule has 1 saturated carbocycles. The van der Waals surface area contributed by atoms with E-state index in [-0.39, 0.29) is 17.9 Å². The van der Waals surface area contributed by atoms with Gasteiger partial charge in [0.2, 0.25) is 0 Å². The first-order valence-corrected chi connectivity index (χ1v) is 11.7. The largest absolute Gasteiger partial charge is 0.676 e. The Morgan fingerprint density at radius 2 is 1.79 bits per heavy atom. The van der Waals surface area contributed by atoms with E-state index in [1.807, 2.05) is 0 Å². The van der Waals surface area contributed by atoms with Gasteiger partial charge in [0.25, 0.3) is 0 Å². The van der Waals surface area contributed by atoms with Crippen LogP contribution in [0.4, 0.5) is 4.39 Å². The molecule has 1 fully saturated rings. The van der Waals surface area contributed by atoms with E-state index in [0.717, 1.165) is 24.8 Å². The summed E-state index contributed by atoms with van der Waals surface area (Å²) in [6.45, 7) is 0.611. The summed E-state index contributed by atoms with van der Waals surface area (Å²) in [6.07, 6.45) is 4.36. The van der Waals surface area contributed by atoms with Crippen molar-refractivity contribution >= 4 is 18.8 Å². The first-order chi connectivity index (χ1) is 9.17. The fraction of sp³-hybridized carbons (Fsp3) is 0.538. The molecule has 0 saturated heterocycles. The van der Waals surface area contributed by atoms with Crippen molar-refractivity contribution in [1.82, 2.24) is 0 Å². The van der Waals surface area contributed by atoms with E-state index in [0.29, 0.717) is 6.54 Å². The van der Waals surface area contributed by atoms with E-state index in [4.69, 9.17) is 24.6 Å². The van der Waals surface area contributed by atoms with Gasteiger partial charge >= 0.3 is 35.3 Å². The van der Waals surface area contributed by atoms with Crippen molar-refractivity contribution in [2.45, 2.75) is 44.3 Å². The van der Waals surface area contributed by atoms with E-state index in [1.165, 1.54) is 18.6 Å². The van der Waals surface area contributed by atoms with Crippen molar-refractivity contribution in [3.63, 3.8) is 0 Å². The zero-order valence-electron chi connectivity index (χ0n) is 10.4. The van der Waals surface area contributed by atoms with Crippen molar-refractivity contribution in [3.8, 4) is 0 Å². The zero-order valence-corrected chi connectivity index (χ0v) is 14.2. The van der Waals surface area contributed by atoms with Crippen LogP contribution in [0.25, 0.3) is 11.1 Å². The zero-order chi connectivity index (χ0) is 14.1. The van der Waals surface area contributed by atoms with E-state index >= 15 is 0 Å². The van der Waals surface area contributed by atoms with E-state index in [2.05, 4.69) is 5.32 Å². The first-order valence-electron chi connectivity index (χ1n) is 6.12. The minimum absolute atomic E-state index is 0.0331. The summed E-state index contributed by atoms with van der Waals surface area (Å²) >= 11 is -0.472. The molecule has 19 heavy (non-hydrogen) atoms. The second-order valence-corrected chi connectivity index (χ2v) is 7.75. The van der Waals surface area contributed by atoms with Gasteiger partial charge in [-0.3, -0.25) is 0 Å². The predicted octanol–water partition coefficient (Wildman–Crippen LogP) is 5.44. The molecule has 6 heteroatoms. The summed E-state index contributed by atoms with van der Waals surface area (Å²) in [4.78, 5) is 0. The number of nitrogens with one attached hydrogen (secondary N) is 1.